The van der Waals surface area contributed by atoms with E-state index in [-0.39, 0.29) is 11.4 Å². The fourth-order valence-electron chi connectivity index (χ4n) is 1.23. The summed E-state index contributed by atoms with van der Waals surface area (Å²) < 4.78 is 12.9. The standard InChI is InChI=1S/C11H8FN3O/c12-9-3-1-2-7(4-9)11-14-5-8(6-15-11)10(13)16/h1-6H,(H2,13,16). The highest BCUT2D eigenvalue weighted by atomic mass is 19.1. The van der Waals surface area contributed by atoms with Crippen molar-refractivity contribution in [1.29, 1.82) is 0 Å². The molecule has 1 heterocycles. The van der Waals surface area contributed by atoms with Crippen molar-refractivity contribution in [1.82, 2.24) is 9.97 Å². The number of carbonyl (C=O) groups excluding carboxylic acids is 1. The molecule has 2 rings (SSSR count). The minimum atomic E-state index is -0.592. The Morgan fingerprint density at radius 2 is 1.94 bits per heavy atom. The molecule has 1 amide bonds. The number of carbonyl (C=O) groups is 1. The lowest BCUT2D eigenvalue weighted by Crippen LogP contribution is -2.11. The van der Waals surface area contributed by atoms with E-state index in [4.69, 9.17) is 5.73 Å². The largest absolute Gasteiger partial charge is 0.366 e. The number of amides is 1. The summed E-state index contributed by atoms with van der Waals surface area (Å²) in [6.45, 7) is 0. The van der Waals surface area contributed by atoms with Crippen LogP contribution in [0.4, 0.5) is 4.39 Å². The van der Waals surface area contributed by atoms with Gasteiger partial charge in [-0.2, -0.15) is 0 Å². The van der Waals surface area contributed by atoms with Crippen molar-refractivity contribution in [2.45, 2.75) is 0 Å². The van der Waals surface area contributed by atoms with Gasteiger partial charge in [-0.05, 0) is 12.1 Å². The van der Waals surface area contributed by atoms with Gasteiger partial charge in [0.2, 0.25) is 0 Å². The van der Waals surface area contributed by atoms with Crippen LogP contribution < -0.4 is 5.73 Å². The van der Waals surface area contributed by atoms with Crippen LogP contribution in [-0.4, -0.2) is 15.9 Å². The van der Waals surface area contributed by atoms with E-state index in [1.807, 2.05) is 0 Å². The van der Waals surface area contributed by atoms with Crippen molar-refractivity contribution in [3.05, 3.63) is 48.0 Å². The van der Waals surface area contributed by atoms with E-state index < -0.39 is 5.91 Å². The van der Waals surface area contributed by atoms with Crippen molar-refractivity contribution in [2.24, 2.45) is 5.73 Å². The lowest BCUT2D eigenvalue weighted by molar-refractivity contribution is 0.0999. The molecule has 0 radical (unpaired) electrons. The SMILES string of the molecule is NC(=O)c1cnc(-c2cccc(F)c2)nc1. The van der Waals surface area contributed by atoms with E-state index in [1.165, 1.54) is 24.5 Å². The first-order chi connectivity index (χ1) is 7.66. The third-order valence-electron chi connectivity index (χ3n) is 2.02. The van der Waals surface area contributed by atoms with Crippen molar-refractivity contribution in [2.75, 3.05) is 0 Å². The second kappa shape index (κ2) is 4.06. The number of nitrogens with two attached hydrogens (primary N) is 1. The summed E-state index contributed by atoms with van der Waals surface area (Å²) in [5.41, 5.74) is 5.82. The number of benzene rings is 1. The topological polar surface area (TPSA) is 68.9 Å². The predicted molar refractivity (Wildman–Crippen MR) is 55.9 cm³/mol. The van der Waals surface area contributed by atoms with Crippen LogP contribution in [0.15, 0.2) is 36.7 Å². The fourth-order valence-corrected chi connectivity index (χ4v) is 1.23. The zero-order valence-electron chi connectivity index (χ0n) is 8.22. The summed E-state index contributed by atoms with van der Waals surface area (Å²) in [6, 6.07) is 5.90. The van der Waals surface area contributed by atoms with Gasteiger partial charge in [0.25, 0.3) is 5.91 Å². The van der Waals surface area contributed by atoms with Crippen LogP contribution in [0.25, 0.3) is 11.4 Å². The molecule has 2 aromatic rings. The molecule has 0 spiro atoms. The molecule has 0 unspecified atom stereocenters. The van der Waals surface area contributed by atoms with E-state index >= 15 is 0 Å². The first-order valence-corrected chi connectivity index (χ1v) is 4.54. The van der Waals surface area contributed by atoms with Gasteiger partial charge >= 0.3 is 0 Å². The van der Waals surface area contributed by atoms with Gasteiger partial charge in [0, 0.05) is 18.0 Å². The summed E-state index contributed by atoms with van der Waals surface area (Å²) in [5.74, 6) is -0.602. The van der Waals surface area contributed by atoms with Gasteiger partial charge in [0.1, 0.15) is 5.82 Å². The highest BCUT2D eigenvalue weighted by Gasteiger charge is 2.04. The Kier molecular flexibility index (Phi) is 2.59. The van der Waals surface area contributed by atoms with Gasteiger partial charge in [0.15, 0.2) is 5.82 Å². The second-order valence-electron chi connectivity index (χ2n) is 3.17. The molecular formula is C11H8FN3O. The van der Waals surface area contributed by atoms with Crippen molar-refractivity contribution < 1.29 is 9.18 Å². The Balaban J connectivity index is 2.38. The van der Waals surface area contributed by atoms with Gasteiger partial charge in [-0.1, -0.05) is 12.1 Å². The lowest BCUT2D eigenvalue weighted by Gasteiger charge is -2.00. The molecule has 0 saturated heterocycles. The van der Waals surface area contributed by atoms with E-state index in [2.05, 4.69) is 9.97 Å². The lowest BCUT2D eigenvalue weighted by atomic mass is 10.2. The van der Waals surface area contributed by atoms with E-state index in [1.54, 1.807) is 12.1 Å². The highest BCUT2D eigenvalue weighted by molar-refractivity contribution is 5.92. The number of aromatic nitrogens is 2. The molecule has 0 atom stereocenters. The van der Waals surface area contributed by atoms with Crippen LogP contribution in [0.3, 0.4) is 0 Å². The summed E-state index contributed by atoms with van der Waals surface area (Å²) in [7, 11) is 0. The molecular weight excluding hydrogens is 209 g/mol. The van der Waals surface area contributed by atoms with Gasteiger partial charge in [-0.3, -0.25) is 4.79 Å². The highest BCUT2D eigenvalue weighted by Crippen LogP contribution is 2.15. The quantitative estimate of drug-likeness (QED) is 0.826. The maximum Gasteiger partial charge on any atom is 0.251 e. The summed E-state index contributed by atoms with van der Waals surface area (Å²) in [6.07, 6.45) is 2.63. The van der Waals surface area contributed by atoms with E-state index in [9.17, 15) is 9.18 Å². The number of primary amides is 1. The molecule has 0 bridgehead atoms. The number of nitrogens with zero attached hydrogens (tertiary/aromatic N) is 2. The number of halogens is 1. The van der Waals surface area contributed by atoms with Crippen LogP contribution >= 0.6 is 0 Å². The van der Waals surface area contributed by atoms with Crippen LogP contribution in [0.1, 0.15) is 10.4 Å². The molecule has 1 aromatic carbocycles. The first-order valence-electron chi connectivity index (χ1n) is 4.54. The molecule has 0 aliphatic rings. The number of hydrogen-bond acceptors (Lipinski definition) is 3. The average molecular weight is 217 g/mol. The zero-order chi connectivity index (χ0) is 11.5. The average Bonchev–Trinajstić information content (AvgIpc) is 2.29. The van der Waals surface area contributed by atoms with Crippen LogP contribution in [0.5, 0.6) is 0 Å². The zero-order valence-corrected chi connectivity index (χ0v) is 8.22. The molecule has 0 aliphatic heterocycles. The van der Waals surface area contributed by atoms with Crippen molar-refractivity contribution in [3.63, 3.8) is 0 Å². The Morgan fingerprint density at radius 3 is 2.50 bits per heavy atom. The molecule has 4 nitrogen and oxygen atoms in total. The first kappa shape index (κ1) is 10.2. The molecule has 0 aliphatic carbocycles. The Labute approximate surface area is 91.0 Å². The fraction of sp³-hybridized carbons (Fsp3) is 0. The minimum Gasteiger partial charge on any atom is -0.366 e. The second-order valence-corrected chi connectivity index (χ2v) is 3.17. The molecule has 5 heteroatoms. The van der Waals surface area contributed by atoms with Gasteiger partial charge in [-0.25, -0.2) is 14.4 Å². The predicted octanol–water partition coefficient (Wildman–Crippen LogP) is 1.38. The summed E-state index contributed by atoms with van der Waals surface area (Å²) in [5, 5.41) is 0. The molecule has 16 heavy (non-hydrogen) atoms. The smallest absolute Gasteiger partial charge is 0.251 e. The summed E-state index contributed by atoms with van der Waals surface area (Å²) in [4.78, 5) is 18.7. The van der Waals surface area contributed by atoms with Gasteiger partial charge in [-0.15, -0.1) is 0 Å². The van der Waals surface area contributed by atoms with E-state index in [0.717, 1.165) is 0 Å². The maximum absolute atomic E-state index is 12.9. The third kappa shape index (κ3) is 2.03. The normalized spacial score (nSPS) is 10.1. The van der Waals surface area contributed by atoms with Crippen molar-refractivity contribution in [3.8, 4) is 11.4 Å². The number of hydrogen-bond donors (Lipinski definition) is 1. The minimum absolute atomic E-state index is 0.222. The van der Waals surface area contributed by atoms with Crippen LogP contribution in [-0.2, 0) is 0 Å². The maximum atomic E-state index is 12.9. The molecule has 0 fully saturated rings. The third-order valence-corrected chi connectivity index (χ3v) is 2.02. The number of rotatable bonds is 2. The molecule has 2 N–H and O–H groups in total. The Hall–Kier alpha value is -2.30. The molecule has 80 valence electrons. The summed E-state index contributed by atoms with van der Waals surface area (Å²) >= 11 is 0. The van der Waals surface area contributed by atoms with Gasteiger partial charge < -0.3 is 5.73 Å². The van der Waals surface area contributed by atoms with Crippen molar-refractivity contribution >= 4 is 5.91 Å². The Bertz CT molecular complexity index is 525. The van der Waals surface area contributed by atoms with E-state index in [0.29, 0.717) is 11.4 Å². The van der Waals surface area contributed by atoms with Crippen LogP contribution in [0, 0.1) is 5.82 Å². The monoisotopic (exact) mass is 217 g/mol. The Morgan fingerprint density at radius 1 is 1.25 bits per heavy atom. The molecule has 0 saturated carbocycles. The van der Waals surface area contributed by atoms with Crippen LogP contribution in [0.2, 0.25) is 0 Å². The molecule has 1 aromatic heterocycles. The van der Waals surface area contributed by atoms with Gasteiger partial charge in [0.05, 0.1) is 5.56 Å².